The predicted octanol–water partition coefficient (Wildman–Crippen LogP) is 1.82. The number of primary amides is 2. The van der Waals surface area contributed by atoms with E-state index in [0.717, 1.165) is 5.56 Å². The SMILES string of the molecule is NC(=O)c1cc2cc(Cl)sc2n1C1Cc2ccccc2N(C(CCO)C(N)=O)C1=O. The largest absolute Gasteiger partial charge is 0.396 e. The van der Waals surface area contributed by atoms with E-state index in [9.17, 15) is 19.5 Å². The van der Waals surface area contributed by atoms with Crippen molar-refractivity contribution in [1.82, 2.24) is 4.57 Å². The number of aliphatic hydroxyl groups excluding tert-OH is 1. The summed E-state index contributed by atoms with van der Waals surface area (Å²) in [6.45, 7) is -0.314. The molecule has 0 aliphatic carbocycles. The van der Waals surface area contributed by atoms with Crippen LogP contribution in [0.3, 0.4) is 0 Å². The van der Waals surface area contributed by atoms with Gasteiger partial charge in [0.05, 0.1) is 4.34 Å². The molecule has 1 aliphatic heterocycles. The first kappa shape index (κ1) is 20.4. The third-order valence-electron chi connectivity index (χ3n) is 5.27. The highest BCUT2D eigenvalue weighted by Crippen LogP contribution is 2.40. The molecule has 5 N–H and O–H groups in total. The van der Waals surface area contributed by atoms with Crippen molar-refractivity contribution < 1.29 is 19.5 Å². The van der Waals surface area contributed by atoms with Gasteiger partial charge in [-0.2, -0.15) is 0 Å². The van der Waals surface area contributed by atoms with Gasteiger partial charge >= 0.3 is 0 Å². The average Bonchev–Trinajstić information content (AvgIpc) is 3.22. The standard InChI is InChI=1S/C20H19ClN4O4S/c21-16-9-11-8-14(18(23)28)25(20(11)30-16)15-7-10-3-1-2-4-12(10)24(19(15)29)13(5-6-26)17(22)27/h1-4,8-9,13,15,26H,5-7H2,(H2,22,27)(H2,23,28). The van der Waals surface area contributed by atoms with Gasteiger partial charge in [0.25, 0.3) is 11.8 Å². The number of aliphatic hydroxyl groups is 1. The molecule has 3 heterocycles. The minimum atomic E-state index is -1.03. The van der Waals surface area contributed by atoms with Crippen LogP contribution >= 0.6 is 22.9 Å². The Morgan fingerprint density at radius 1 is 1.27 bits per heavy atom. The van der Waals surface area contributed by atoms with Crippen molar-refractivity contribution >= 4 is 56.6 Å². The molecule has 2 aromatic heterocycles. The first-order valence-corrected chi connectivity index (χ1v) is 10.4. The van der Waals surface area contributed by atoms with E-state index in [0.29, 0.717) is 26.7 Å². The molecule has 30 heavy (non-hydrogen) atoms. The van der Waals surface area contributed by atoms with E-state index >= 15 is 0 Å². The molecule has 3 amide bonds. The highest BCUT2D eigenvalue weighted by Gasteiger charge is 2.41. The monoisotopic (exact) mass is 446 g/mol. The Morgan fingerprint density at radius 2 is 2.00 bits per heavy atom. The van der Waals surface area contributed by atoms with Gasteiger partial charge in [0, 0.05) is 30.5 Å². The van der Waals surface area contributed by atoms with Crippen LogP contribution < -0.4 is 16.4 Å². The molecule has 0 saturated heterocycles. The van der Waals surface area contributed by atoms with Crippen molar-refractivity contribution in [2.75, 3.05) is 11.5 Å². The molecule has 4 rings (SSSR count). The van der Waals surface area contributed by atoms with Gasteiger partial charge in [-0.1, -0.05) is 29.8 Å². The number of nitrogens with zero attached hydrogens (tertiary/aromatic N) is 2. The third kappa shape index (κ3) is 3.24. The second-order valence-electron chi connectivity index (χ2n) is 7.06. The molecule has 8 nitrogen and oxygen atoms in total. The second kappa shape index (κ2) is 7.75. The summed E-state index contributed by atoms with van der Waals surface area (Å²) in [5.74, 6) is -1.80. The zero-order chi connectivity index (χ0) is 21.6. The van der Waals surface area contributed by atoms with E-state index in [1.54, 1.807) is 28.8 Å². The number of aromatic nitrogens is 1. The van der Waals surface area contributed by atoms with E-state index < -0.39 is 29.8 Å². The van der Waals surface area contributed by atoms with Gasteiger partial charge in [-0.05, 0) is 23.8 Å². The van der Waals surface area contributed by atoms with Crippen LogP contribution in [0.25, 0.3) is 10.2 Å². The van der Waals surface area contributed by atoms with Crippen LogP contribution in [-0.4, -0.2) is 40.0 Å². The number of nitrogens with two attached hydrogens (primary N) is 2. The van der Waals surface area contributed by atoms with Crippen LogP contribution in [0, 0.1) is 0 Å². The number of benzene rings is 1. The highest BCUT2D eigenvalue weighted by molar-refractivity contribution is 7.22. The van der Waals surface area contributed by atoms with Crippen molar-refractivity contribution in [2.24, 2.45) is 11.5 Å². The fraction of sp³-hybridized carbons (Fsp3) is 0.250. The zero-order valence-electron chi connectivity index (χ0n) is 15.7. The lowest BCUT2D eigenvalue weighted by atomic mass is 9.94. The van der Waals surface area contributed by atoms with Crippen molar-refractivity contribution in [3.63, 3.8) is 0 Å². The molecule has 10 heteroatoms. The van der Waals surface area contributed by atoms with E-state index in [-0.39, 0.29) is 18.7 Å². The average molecular weight is 447 g/mol. The van der Waals surface area contributed by atoms with E-state index in [4.69, 9.17) is 23.1 Å². The molecule has 0 fully saturated rings. The number of amides is 3. The predicted molar refractivity (Wildman–Crippen MR) is 115 cm³/mol. The molecule has 156 valence electrons. The highest BCUT2D eigenvalue weighted by atomic mass is 35.5. The fourth-order valence-electron chi connectivity index (χ4n) is 4.02. The number of carbonyl (C=O) groups excluding carboxylic acids is 3. The summed E-state index contributed by atoms with van der Waals surface area (Å²) in [6.07, 6.45) is 0.298. The maximum Gasteiger partial charge on any atom is 0.265 e. The van der Waals surface area contributed by atoms with Crippen molar-refractivity contribution in [1.29, 1.82) is 0 Å². The molecule has 2 atom stereocenters. The number of anilines is 1. The number of hydrogen-bond acceptors (Lipinski definition) is 5. The van der Waals surface area contributed by atoms with Gasteiger partial charge in [0.2, 0.25) is 5.91 Å². The summed E-state index contributed by atoms with van der Waals surface area (Å²) < 4.78 is 2.11. The molecule has 1 aliphatic rings. The van der Waals surface area contributed by atoms with Gasteiger partial charge in [-0.25, -0.2) is 0 Å². The summed E-state index contributed by atoms with van der Waals surface area (Å²) >= 11 is 7.39. The smallest absolute Gasteiger partial charge is 0.265 e. The molecule has 0 saturated carbocycles. The number of hydrogen-bond donors (Lipinski definition) is 3. The number of para-hydroxylation sites is 1. The summed E-state index contributed by atoms with van der Waals surface area (Å²) in [5.41, 5.74) is 12.7. The van der Waals surface area contributed by atoms with Crippen LogP contribution in [0.5, 0.6) is 0 Å². The fourth-order valence-corrected chi connectivity index (χ4v) is 5.29. The molecule has 2 unspecified atom stereocenters. The van der Waals surface area contributed by atoms with E-state index in [2.05, 4.69) is 0 Å². The number of rotatable bonds is 6. The summed E-state index contributed by atoms with van der Waals surface area (Å²) in [4.78, 5) is 39.9. The van der Waals surface area contributed by atoms with Gasteiger partial charge in [-0.15, -0.1) is 11.3 Å². The maximum atomic E-state index is 13.7. The quantitative estimate of drug-likeness (QED) is 0.532. The zero-order valence-corrected chi connectivity index (χ0v) is 17.3. The van der Waals surface area contributed by atoms with Crippen LogP contribution in [0.2, 0.25) is 4.34 Å². The number of thiophene rings is 1. The minimum Gasteiger partial charge on any atom is -0.396 e. The van der Waals surface area contributed by atoms with Gasteiger partial charge in [0.1, 0.15) is 22.6 Å². The lowest BCUT2D eigenvalue weighted by molar-refractivity contribution is -0.127. The first-order chi connectivity index (χ1) is 14.3. The van der Waals surface area contributed by atoms with Crippen LogP contribution in [-0.2, 0) is 16.0 Å². The van der Waals surface area contributed by atoms with Crippen molar-refractivity contribution in [2.45, 2.75) is 24.9 Å². The topological polar surface area (TPSA) is 132 Å². The third-order valence-corrected chi connectivity index (χ3v) is 6.55. The first-order valence-electron chi connectivity index (χ1n) is 9.24. The normalized spacial score (nSPS) is 17.2. The Morgan fingerprint density at radius 3 is 2.67 bits per heavy atom. The molecule has 0 spiro atoms. The summed E-state index contributed by atoms with van der Waals surface area (Å²) in [7, 11) is 0. The summed E-state index contributed by atoms with van der Waals surface area (Å²) in [5, 5.41) is 10.1. The number of halogens is 1. The van der Waals surface area contributed by atoms with Crippen LogP contribution in [0.15, 0.2) is 36.4 Å². The summed E-state index contributed by atoms with van der Waals surface area (Å²) in [6, 6.07) is 8.65. The molecule has 0 bridgehead atoms. The molecule has 1 aromatic carbocycles. The lowest BCUT2D eigenvalue weighted by Crippen LogP contribution is -2.53. The number of fused-ring (bicyclic) bond motifs is 2. The minimum absolute atomic E-state index is 0.00325. The van der Waals surface area contributed by atoms with Gasteiger partial charge in [0.15, 0.2) is 0 Å². The Labute approximate surface area is 180 Å². The van der Waals surface area contributed by atoms with Crippen molar-refractivity contribution in [3.05, 3.63) is 52.0 Å². The van der Waals surface area contributed by atoms with Crippen molar-refractivity contribution in [3.8, 4) is 0 Å². The lowest BCUT2D eigenvalue weighted by Gasteiger charge is -2.38. The van der Waals surface area contributed by atoms with Gasteiger partial charge in [-0.3, -0.25) is 19.3 Å². The Hall–Kier alpha value is -2.88. The van der Waals surface area contributed by atoms with Gasteiger partial charge < -0.3 is 21.1 Å². The molecular weight excluding hydrogens is 428 g/mol. The number of carbonyl (C=O) groups is 3. The molecular formula is C20H19ClN4O4S. The van der Waals surface area contributed by atoms with E-state index in [1.807, 2.05) is 12.1 Å². The van der Waals surface area contributed by atoms with E-state index in [1.165, 1.54) is 16.2 Å². The Bertz CT molecular complexity index is 1170. The van der Waals surface area contributed by atoms with Crippen LogP contribution in [0.1, 0.15) is 28.5 Å². The molecule has 0 radical (unpaired) electrons. The second-order valence-corrected chi connectivity index (χ2v) is 8.72. The molecule has 3 aromatic rings. The maximum absolute atomic E-state index is 13.7. The Kier molecular flexibility index (Phi) is 5.27. The van der Waals surface area contributed by atoms with Crippen LogP contribution in [0.4, 0.5) is 5.69 Å². The Balaban J connectivity index is 1.92.